The number of benzene rings is 1. The van der Waals surface area contributed by atoms with Gasteiger partial charge in [-0.3, -0.25) is 4.79 Å². The Kier molecular flexibility index (Phi) is 3.97. The van der Waals surface area contributed by atoms with Crippen LogP contribution in [-0.4, -0.2) is 27.4 Å². The van der Waals surface area contributed by atoms with Crippen molar-refractivity contribution in [1.82, 2.24) is 0 Å². The van der Waals surface area contributed by atoms with Crippen molar-refractivity contribution in [1.29, 1.82) is 0 Å². The van der Waals surface area contributed by atoms with Crippen molar-refractivity contribution in [3.8, 4) is 0 Å². The van der Waals surface area contributed by atoms with Crippen LogP contribution in [0.2, 0.25) is 0 Å². The van der Waals surface area contributed by atoms with Crippen LogP contribution in [-0.2, 0) is 0 Å². The number of carbonyl (C=O) groups excluding carboxylic acids is 1. The Balaban J connectivity index is 2.09. The van der Waals surface area contributed by atoms with Gasteiger partial charge in [0.15, 0.2) is 5.78 Å². The van der Waals surface area contributed by atoms with Gasteiger partial charge in [0.25, 0.3) is 0 Å². The number of alkyl halides is 1. The van der Waals surface area contributed by atoms with E-state index >= 15 is 0 Å². The van der Waals surface area contributed by atoms with E-state index in [0.29, 0.717) is 16.5 Å². The maximum Gasteiger partial charge on any atom is 0.165 e. The summed E-state index contributed by atoms with van der Waals surface area (Å²) in [6, 6.07) is 6.85. The lowest BCUT2D eigenvalue weighted by atomic mass is 10.0. The Bertz CT molecular complexity index is 398. The molecule has 17 heavy (non-hydrogen) atoms. The fraction of sp³-hybridized carbons (Fsp3) is 0.462. The first kappa shape index (κ1) is 12.7. The number of carbonyl (C=O) groups is 1. The first-order valence-electron chi connectivity index (χ1n) is 5.69. The van der Waals surface area contributed by atoms with Crippen LogP contribution in [0.3, 0.4) is 0 Å². The Morgan fingerprint density at radius 1 is 1.29 bits per heavy atom. The second-order valence-electron chi connectivity index (χ2n) is 4.43. The molecule has 2 unspecified atom stereocenters. The Labute approximate surface area is 109 Å². The van der Waals surface area contributed by atoms with Gasteiger partial charge in [-0.05, 0) is 18.4 Å². The molecule has 1 aliphatic rings. The summed E-state index contributed by atoms with van der Waals surface area (Å²) in [4.78, 5) is 11.8. The van der Waals surface area contributed by atoms with E-state index < -0.39 is 12.2 Å². The molecule has 1 aromatic rings. The van der Waals surface area contributed by atoms with E-state index in [9.17, 15) is 15.0 Å². The largest absolute Gasteiger partial charge is 0.389 e. The minimum Gasteiger partial charge on any atom is -0.389 e. The van der Waals surface area contributed by atoms with Gasteiger partial charge in [0.1, 0.15) is 6.10 Å². The van der Waals surface area contributed by atoms with E-state index in [4.69, 9.17) is 0 Å². The lowest BCUT2D eigenvalue weighted by Crippen LogP contribution is -2.19. The van der Waals surface area contributed by atoms with E-state index in [0.717, 1.165) is 12.8 Å². The van der Waals surface area contributed by atoms with Crippen LogP contribution < -0.4 is 0 Å². The third-order valence-corrected chi connectivity index (χ3v) is 3.67. The molecule has 2 N–H and O–H groups in total. The smallest absolute Gasteiger partial charge is 0.165 e. The summed E-state index contributed by atoms with van der Waals surface area (Å²) in [5.74, 6) is 0.394. The number of halogens is 1. The molecule has 0 saturated heterocycles. The molecule has 0 bridgehead atoms. The highest BCUT2D eigenvalue weighted by atomic mass is 79.9. The summed E-state index contributed by atoms with van der Waals surface area (Å²) in [5, 5.41) is 19.6. The standard InChI is InChI=1S/C13H15BrO3/c14-7-11(15)13(17)10-5-3-9(4-6-10)12(16)8-1-2-8/h3-6,8,11,13,15,17H,1-2,7H2. The van der Waals surface area contributed by atoms with Crippen molar-refractivity contribution in [2.75, 3.05) is 5.33 Å². The molecular formula is C13H15BrO3. The average Bonchev–Trinajstić information content (AvgIpc) is 3.20. The molecule has 3 nitrogen and oxygen atoms in total. The Morgan fingerprint density at radius 3 is 2.35 bits per heavy atom. The number of ketones is 1. The predicted octanol–water partition coefficient (Wildman–Crippen LogP) is 2.07. The van der Waals surface area contributed by atoms with Crippen LogP contribution >= 0.6 is 15.9 Å². The minimum atomic E-state index is -0.917. The van der Waals surface area contributed by atoms with Gasteiger partial charge in [0, 0.05) is 16.8 Å². The maximum absolute atomic E-state index is 11.8. The number of aliphatic hydroxyl groups excluding tert-OH is 2. The summed E-state index contributed by atoms with van der Waals surface area (Å²) in [7, 11) is 0. The molecule has 2 rings (SSSR count). The van der Waals surface area contributed by atoms with Gasteiger partial charge in [-0.1, -0.05) is 40.2 Å². The van der Waals surface area contributed by atoms with E-state index in [1.165, 1.54) is 0 Å². The Morgan fingerprint density at radius 2 is 1.88 bits per heavy atom. The lowest BCUT2D eigenvalue weighted by Gasteiger charge is -2.15. The minimum absolute atomic E-state index is 0.187. The fourth-order valence-electron chi connectivity index (χ4n) is 1.73. The molecule has 1 aliphatic carbocycles. The highest BCUT2D eigenvalue weighted by Gasteiger charge is 2.30. The monoisotopic (exact) mass is 298 g/mol. The molecule has 0 heterocycles. The highest BCUT2D eigenvalue weighted by Crippen LogP contribution is 2.32. The normalized spacial score (nSPS) is 18.8. The molecule has 1 fully saturated rings. The fourth-order valence-corrected chi connectivity index (χ4v) is 2.09. The molecule has 4 heteroatoms. The molecule has 0 radical (unpaired) electrons. The van der Waals surface area contributed by atoms with Crippen molar-refractivity contribution < 1.29 is 15.0 Å². The lowest BCUT2D eigenvalue weighted by molar-refractivity contribution is 0.0342. The number of Topliss-reactive ketones (excluding diaryl/α,β-unsaturated/α-hetero) is 1. The van der Waals surface area contributed by atoms with Crippen LogP contribution in [0.1, 0.15) is 34.9 Å². The van der Waals surface area contributed by atoms with Crippen LogP contribution in [0.4, 0.5) is 0 Å². The first-order valence-corrected chi connectivity index (χ1v) is 6.82. The van der Waals surface area contributed by atoms with Crippen molar-refractivity contribution in [3.05, 3.63) is 35.4 Å². The zero-order valence-electron chi connectivity index (χ0n) is 9.34. The number of aliphatic hydroxyl groups is 2. The molecular weight excluding hydrogens is 284 g/mol. The van der Waals surface area contributed by atoms with Crippen LogP contribution in [0.25, 0.3) is 0 Å². The van der Waals surface area contributed by atoms with E-state index in [1.807, 2.05) is 0 Å². The van der Waals surface area contributed by atoms with Crippen LogP contribution in [0.15, 0.2) is 24.3 Å². The van der Waals surface area contributed by atoms with E-state index in [1.54, 1.807) is 24.3 Å². The van der Waals surface area contributed by atoms with E-state index in [2.05, 4.69) is 15.9 Å². The molecule has 0 amide bonds. The molecule has 0 aromatic heterocycles. The van der Waals surface area contributed by atoms with Gasteiger partial charge in [-0.25, -0.2) is 0 Å². The first-order chi connectivity index (χ1) is 8.13. The van der Waals surface area contributed by atoms with Gasteiger partial charge in [-0.15, -0.1) is 0 Å². The summed E-state index contributed by atoms with van der Waals surface area (Å²) in [6.45, 7) is 0. The van der Waals surface area contributed by atoms with Crippen molar-refractivity contribution in [2.45, 2.75) is 25.0 Å². The number of hydrogen-bond donors (Lipinski definition) is 2. The summed E-state index contributed by atoms with van der Waals surface area (Å²) in [5.41, 5.74) is 1.32. The van der Waals surface area contributed by atoms with Gasteiger partial charge in [-0.2, -0.15) is 0 Å². The predicted molar refractivity (Wildman–Crippen MR) is 68.3 cm³/mol. The van der Waals surface area contributed by atoms with Gasteiger partial charge < -0.3 is 10.2 Å². The van der Waals surface area contributed by atoms with Gasteiger partial charge >= 0.3 is 0 Å². The van der Waals surface area contributed by atoms with Crippen molar-refractivity contribution in [3.63, 3.8) is 0 Å². The third-order valence-electron chi connectivity index (χ3n) is 3.01. The molecule has 0 aliphatic heterocycles. The highest BCUT2D eigenvalue weighted by molar-refractivity contribution is 9.09. The van der Waals surface area contributed by atoms with Crippen LogP contribution in [0, 0.1) is 5.92 Å². The molecule has 0 spiro atoms. The SMILES string of the molecule is O=C(c1ccc(C(O)C(O)CBr)cc1)C1CC1. The second-order valence-corrected chi connectivity index (χ2v) is 5.07. The van der Waals surface area contributed by atoms with Gasteiger partial charge in [0.05, 0.1) is 6.10 Å². The quantitative estimate of drug-likeness (QED) is 0.646. The van der Waals surface area contributed by atoms with Crippen molar-refractivity contribution >= 4 is 21.7 Å². The zero-order valence-corrected chi connectivity index (χ0v) is 10.9. The van der Waals surface area contributed by atoms with E-state index in [-0.39, 0.29) is 11.7 Å². The Hall–Kier alpha value is -0.710. The number of rotatable bonds is 5. The summed E-state index contributed by atoms with van der Waals surface area (Å²) in [6.07, 6.45) is 0.233. The van der Waals surface area contributed by atoms with Gasteiger partial charge in [0.2, 0.25) is 0 Å². The summed E-state index contributed by atoms with van der Waals surface area (Å²) < 4.78 is 0. The molecule has 92 valence electrons. The zero-order chi connectivity index (χ0) is 12.4. The molecule has 1 saturated carbocycles. The maximum atomic E-state index is 11.8. The molecule has 1 aromatic carbocycles. The molecule has 2 atom stereocenters. The average molecular weight is 299 g/mol. The van der Waals surface area contributed by atoms with Crippen molar-refractivity contribution in [2.24, 2.45) is 5.92 Å². The summed E-state index contributed by atoms with van der Waals surface area (Å²) >= 11 is 3.11. The van der Waals surface area contributed by atoms with Crippen LogP contribution in [0.5, 0.6) is 0 Å². The topological polar surface area (TPSA) is 57.5 Å². The number of hydrogen-bond acceptors (Lipinski definition) is 3. The second kappa shape index (κ2) is 5.29. The third kappa shape index (κ3) is 2.94.